The number of hydrogen-bond donors (Lipinski definition) is 0. The molecule has 1 radical (unpaired) electrons. The molecule has 2 nitrogen and oxygen atoms in total. The van der Waals surface area contributed by atoms with Gasteiger partial charge < -0.3 is 4.74 Å². The quantitative estimate of drug-likeness (QED) is 0.584. The van der Waals surface area contributed by atoms with Crippen LogP contribution in [0.15, 0.2) is 0 Å². The SMILES string of the molecule is [CH2]C(CC)C(=O)OCC(C)C. The molecule has 0 heterocycles. The maximum absolute atomic E-state index is 11.0. The number of esters is 1. The molecule has 2 heteroatoms. The van der Waals surface area contributed by atoms with Gasteiger partial charge in [-0.2, -0.15) is 0 Å². The summed E-state index contributed by atoms with van der Waals surface area (Å²) in [4.78, 5) is 11.0. The number of carbonyl (C=O) groups excluding carboxylic acids is 1. The fourth-order valence-corrected chi connectivity index (χ4v) is 0.533. The molecule has 0 amide bonds. The van der Waals surface area contributed by atoms with Gasteiger partial charge in [0.2, 0.25) is 0 Å². The zero-order valence-electron chi connectivity index (χ0n) is 7.59. The second-order valence-electron chi connectivity index (χ2n) is 3.13. The van der Waals surface area contributed by atoms with Gasteiger partial charge in [-0.3, -0.25) is 4.79 Å². The van der Waals surface area contributed by atoms with Gasteiger partial charge in [0.1, 0.15) is 0 Å². The van der Waals surface area contributed by atoms with Crippen LogP contribution in [0.5, 0.6) is 0 Å². The Balaban J connectivity index is 3.52. The predicted octanol–water partition coefficient (Wildman–Crippen LogP) is 2.05. The Morgan fingerprint density at radius 3 is 2.45 bits per heavy atom. The van der Waals surface area contributed by atoms with Crippen molar-refractivity contribution in [1.82, 2.24) is 0 Å². The summed E-state index contributed by atoms with van der Waals surface area (Å²) in [6, 6.07) is 0. The Bertz CT molecular complexity index is 119. The third-order valence-electron chi connectivity index (χ3n) is 1.39. The van der Waals surface area contributed by atoms with Gasteiger partial charge in [0, 0.05) is 0 Å². The minimum atomic E-state index is -0.200. The van der Waals surface area contributed by atoms with Crippen molar-refractivity contribution in [3.05, 3.63) is 6.92 Å². The Kier molecular flexibility index (Phi) is 4.92. The van der Waals surface area contributed by atoms with Gasteiger partial charge in [-0.1, -0.05) is 20.8 Å². The minimum absolute atomic E-state index is 0.179. The Hall–Kier alpha value is -0.530. The molecule has 0 saturated carbocycles. The summed E-state index contributed by atoms with van der Waals surface area (Å²) < 4.78 is 4.95. The van der Waals surface area contributed by atoms with E-state index in [1.165, 1.54) is 0 Å². The predicted molar refractivity (Wildman–Crippen MR) is 44.9 cm³/mol. The molecule has 0 aliphatic rings. The van der Waals surface area contributed by atoms with Crippen molar-refractivity contribution in [2.24, 2.45) is 11.8 Å². The van der Waals surface area contributed by atoms with Crippen LogP contribution in [0.4, 0.5) is 0 Å². The van der Waals surface area contributed by atoms with Gasteiger partial charge in [0.15, 0.2) is 0 Å². The molecule has 1 unspecified atom stereocenters. The van der Waals surface area contributed by atoms with Gasteiger partial charge in [-0.05, 0) is 19.3 Å². The molecule has 0 aliphatic carbocycles. The highest BCUT2D eigenvalue weighted by Gasteiger charge is 2.11. The number of hydrogen-bond acceptors (Lipinski definition) is 2. The van der Waals surface area contributed by atoms with Crippen molar-refractivity contribution in [1.29, 1.82) is 0 Å². The molecule has 0 fully saturated rings. The topological polar surface area (TPSA) is 26.3 Å². The van der Waals surface area contributed by atoms with Gasteiger partial charge in [0.25, 0.3) is 0 Å². The van der Waals surface area contributed by atoms with E-state index in [0.717, 1.165) is 6.42 Å². The van der Waals surface area contributed by atoms with Crippen molar-refractivity contribution in [2.75, 3.05) is 6.61 Å². The van der Waals surface area contributed by atoms with E-state index in [0.29, 0.717) is 12.5 Å². The van der Waals surface area contributed by atoms with Crippen molar-refractivity contribution in [3.8, 4) is 0 Å². The maximum atomic E-state index is 11.0. The standard InChI is InChI=1S/C9H17O2/c1-5-8(4)9(10)11-6-7(2)3/h7-8H,4-6H2,1-3H3. The third kappa shape index (κ3) is 4.82. The van der Waals surface area contributed by atoms with Crippen molar-refractivity contribution in [2.45, 2.75) is 27.2 Å². The lowest BCUT2D eigenvalue weighted by molar-refractivity contribution is -0.148. The Morgan fingerprint density at radius 1 is 1.55 bits per heavy atom. The van der Waals surface area contributed by atoms with E-state index in [2.05, 4.69) is 6.92 Å². The lowest BCUT2D eigenvalue weighted by Gasteiger charge is -2.10. The zero-order chi connectivity index (χ0) is 8.85. The molecule has 0 rings (SSSR count). The monoisotopic (exact) mass is 157 g/mol. The van der Waals surface area contributed by atoms with E-state index in [9.17, 15) is 4.79 Å². The summed E-state index contributed by atoms with van der Waals surface area (Å²) in [6.45, 7) is 10.1. The molecule has 1 atom stereocenters. The lowest BCUT2D eigenvalue weighted by atomic mass is 10.1. The van der Waals surface area contributed by atoms with Crippen LogP contribution in [-0.2, 0) is 9.53 Å². The first-order valence-electron chi connectivity index (χ1n) is 4.07. The van der Waals surface area contributed by atoms with Crippen LogP contribution in [0.2, 0.25) is 0 Å². The molecular weight excluding hydrogens is 140 g/mol. The fourth-order valence-electron chi connectivity index (χ4n) is 0.533. The van der Waals surface area contributed by atoms with E-state index < -0.39 is 0 Å². The second kappa shape index (κ2) is 5.16. The van der Waals surface area contributed by atoms with Crippen LogP contribution in [0, 0.1) is 18.8 Å². The zero-order valence-corrected chi connectivity index (χ0v) is 7.59. The summed E-state index contributed by atoms with van der Waals surface area (Å²) >= 11 is 0. The molecule has 0 aliphatic heterocycles. The van der Waals surface area contributed by atoms with E-state index in [-0.39, 0.29) is 11.9 Å². The Labute approximate surface area is 68.9 Å². The van der Waals surface area contributed by atoms with E-state index in [1.807, 2.05) is 20.8 Å². The summed E-state index contributed by atoms with van der Waals surface area (Å²) in [6.07, 6.45) is 0.747. The molecule has 0 saturated heterocycles. The van der Waals surface area contributed by atoms with Gasteiger partial charge in [0.05, 0.1) is 12.5 Å². The van der Waals surface area contributed by atoms with E-state index in [4.69, 9.17) is 4.74 Å². The van der Waals surface area contributed by atoms with E-state index >= 15 is 0 Å². The van der Waals surface area contributed by atoms with Crippen molar-refractivity contribution in [3.63, 3.8) is 0 Å². The molecule has 11 heavy (non-hydrogen) atoms. The first-order valence-corrected chi connectivity index (χ1v) is 4.07. The second-order valence-corrected chi connectivity index (χ2v) is 3.13. The first kappa shape index (κ1) is 10.5. The number of ether oxygens (including phenoxy) is 1. The van der Waals surface area contributed by atoms with Crippen LogP contribution >= 0.6 is 0 Å². The lowest BCUT2D eigenvalue weighted by Crippen LogP contribution is -2.16. The smallest absolute Gasteiger partial charge is 0.308 e. The van der Waals surface area contributed by atoms with Crippen LogP contribution in [0.1, 0.15) is 27.2 Å². The summed E-state index contributed by atoms with van der Waals surface area (Å²) in [5.74, 6) is 0.0259. The molecule has 0 bridgehead atoms. The van der Waals surface area contributed by atoms with Crippen molar-refractivity contribution >= 4 is 5.97 Å². The molecule has 0 spiro atoms. The largest absolute Gasteiger partial charge is 0.465 e. The molecule has 0 aromatic heterocycles. The van der Waals surface area contributed by atoms with Gasteiger partial charge in [-0.15, -0.1) is 0 Å². The Morgan fingerprint density at radius 2 is 2.09 bits per heavy atom. The minimum Gasteiger partial charge on any atom is -0.465 e. The number of carbonyl (C=O) groups is 1. The van der Waals surface area contributed by atoms with Gasteiger partial charge >= 0.3 is 5.97 Å². The average molecular weight is 157 g/mol. The molecule has 0 aromatic carbocycles. The summed E-state index contributed by atoms with van der Waals surface area (Å²) in [5.41, 5.74) is 0. The van der Waals surface area contributed by atoms with Gasteiger partial charge in [-0.25, -0.2) is 0 Å². The highest BCUT2D eigenvalue weighted by atomic mass is 16.5. The molecule has 0 aromatic rings. The van der Waals surface area contributed by atoms with Crippen molar-refractivity contribution < 1.29 is 9.53 Å². The summed E-state index contributed by atoms with van der Waals surface area (Å²) in [7, 11) is 0. The van der Waals surface area contributed by atoms with Crippen LogP contribution in [0.3, 0.4) is 0 Å². The molecule has 65 valence electrons. The first-order chi connectivity index (χ1) is 5.07. The molecular formula is C9H17O2. The highest BCUT2D eigenvalue weighted by molar-refractivity contribution is 5.72. The van der Waals surface area contributed by atoms with Crippen LogP contribution < -0.4 is 0 Å². The van der Waals surface area contributed by atoms with Crippen LogP contribution in [0.25, 0.3) is 0 Å². The van der Waals surface area contributed by atoms with Crippen LogP contribution in [-0.4, -0.2) is 12.6 Å². The number of rotatable bonds is 4. The third-order valence-corrected chi connectivity index (χ3v) is 1.39. The maximum Gasteiger partial charge on any atom is 0.308 e. The fraction of sp³-hybridized carbons (Fsp3) is 0.778. The highest BCUT2D eigenvalue weighted by Crippen LogP contribution is 2.04. The average Bonchev–Trinajstić information content (AvgIpc) is 1.98. The summed E-state index contributed by atoms with van der Waals surface area (Å²) in [5, 5.41) is 0. The van der Waals surface area contributed by atoms with E-state index in [1.54, 1.807) is 0 Å². The normalized spacial score (nSPS) is 13.2. The molecule has 0 N–H and O–H groups in total.